The van der Waals surface area contributed by atoms with Crippen molar-refractivity contribution in [2.24, 2.45) is 0 Å². The van der Waals surface area contributed by atoms with Crippen molar-refractivity contribution in [3.63, 3.8) is 0 Å². The van der Waals surface area contributed by atoms with Gasteiger partial charge in [0.15, 0.2) is 0 Å². The number of imide groups is 1. The summed E-state index contributed by atoms with van der Waals surface area (Å²) in [7, 11) is 1.59. The summed E-state index contributed by atoms with van der Waals surface area (Å²) in [5.41, 5.74) is 0.734. The highest BCUT2D eigenvalue weighted by atomic mass is 32.1. The highest BCUT2D eigenvalue weighted by molar-refractivity contribution is 7.17. The molecule has 3 heterocycles. The van der Waals surface area contributed by atoms with Gasteiger partial charge in [-0.25, -0.2) is 9.59 Å². The minimum absolute atomic E-state index is 0.0746. The molecule has 3 aromatic rings. The maximum absolute atomic E-state index is 13.7. The summed E-state index contributed by atoms with van der Waals surface area (Å²) in [4.78, 5) is 70.2. The van der Waals surface area contributed by atoms with E-state index in [9.17, 15) is 24.0 Å². The number of hydrogen-bond donors (Lipinski definition) is 1. The largest absolute Gasteiger partial charge is 0.497 e. The van der Waals surface area contributed by atoms with Gasteiger partial charge in [-0.1, -0.05) is 24.3 Å². The molecule has 47 heavy (non-hydrogen) atoms. The number of thiophene rings is 1. The van der Waals surface area contributed by atoms with Gasteiger partial charge >= 0.3 is 17.8 Å². The monoisotopic (exact) mass is 661 g/mol. The molecule has 248 valence electrons. The van der Waals surface area contributed by atoms with Crippen molar-refractivity contribution in [1.29, 1.82) is 0 Å². The quantitative estimate of drug-likeness (QED) is 0.206. The molecule has 0 radical (unpaired) electrons. The van der Waals surface area contributed by atoms with Crippen LogP contribution >= 0.6 is 11.3 Å². The average Bonchev–Trinajstić information content (AvgIpc) is 3.45. The number of carbonyl (C=O) groups excluding carboxylic acids is 5. The number of amides is 3. The van der Waals surface area contributed by atoms with Gasteiger partial charge < -0.3 is 19.5 Å². The van der Waals surface area contributed by atoms with Crippen LogP contribution in [0, 0.1) is 0 Å². The predicted octanol–water partition coefficient (Wildman–Crippen LogP) is 5.22. The van der Waals surface area contributed by atoms with E-state index in [1.165, 1.54) is 16.2 Å². The Kier molecular flexibility index (Phi) is 9.29. The number of methoxy groups -OCH3 is 1. The highest BCUT2D eigenvalue weighted by Crippen LogP contribution is 2.41. The number of esters is 2. The van der Waals surface area contributed by atoms with Crippen LogP contribution in [0.1, 0.15) is 88.6 Å². The van der Waals surface area contributed by atoms with Gasteiger partial charge in [-0.05, 0) is 83.4 Å². The number of anilines is 1. The van der Waals surface area contributed by atoms with E-state index in [0.29, 0.717) is 35.5 Å². The molecule has 0 fully saturated rings. The maximum Gasteiger partial charge on any atom is 0.397 e. The molecule has 5 rings (SSSR count). The topological polar surface area (TPSA) is 132 Å². The van der Waals surface area contributed by atoms with Crippen LogP contribution in [0.25, 0.3) is 0 Å². The highest BCUT2D eigenvalue weighted by Gasteiger charge is 2.41. The predicted molar refractivity (Wildman–Crippen MR) is 176 cm³/mol. The van der Waals surface area contributed by atoms with Gasteiger partial charge in [0.1, 0.15) is 22.0 Å². The number of ether oxygens (including phenoxy) is 3. The van der Waals surface area contributed by atoms with E-state index in [-0.39, 0.29) is 35.3 Å². The van der Waals surface area contributed by atoms with Gasteiger partial charge in [-0.15, -0.1) is 11.3 Å². The van der Waals surface area contributed by atoms with Crippen LogP contribution in [0.4, 0.5) is 5.00 Å². The summed E-state index contributed by atoms with van der Waals surface area (Å²) in [5, 5.41) is 2.77. The van der Waals surface area contributed by atoms with Gasteiger partial charge in [-0.2, -0.15) is 0 Å². The van der Waals surface area contributed by atoms with Crippen LogP contribution in [0.5, 0.6) is 5.75 Å². The van der Waals surface area contributed by atoms with Gasteiger partial charge in [0.2, 0.25) is 0 Å². The average molecular weight is 662 g/mol. The molecule has 11 nitrogen and oxygen atoms in total. The summed E-state index contributed by atoms with van der Waals surface area (Å²) in [6.07, 6.45) is 0.270. The second-order valence-electron chi connectivity index (χ2n) is 13.5. The third-order valence-corrected chi connectivity index (χ3v) is 8.76. The molecule has 2 aliphatic heterocycles. The first-order chi connectivity index (χ1) is 22.0. The molecule has 0 spiro atoms. The summed E-state index contributed by atoms with van der Waals surface area (Å²) >= 11 is 1.19. The molecule has 0 bridgehead atoms. The standard InChI is InChI=1S/C35H39N3O8S/c1-34(2,3)45-32(42)27-25-16-21(18-38-30(40)23-10-8-9-11-24(23)31(38)41)37(17-20-12-14-22(44-7)15-13-20)19-26(25)47-29(27)36-28(39)33(43)46-35(4,5)6/h8-15,21H,16-19H2,1-7H3,(H,36,39). The molecular weight excluding hydrogens is 622 g/mol. The van der Waals surface area contributed by atoms with Crippen LogP contribution in [0.15, 0.2) is 48.5 Å². The Morgan fingerprint density at radius 3 is 2.04 bits per heavy atom. The summed E-state index contributed by atoms with van der Waals surface area (Å²) in [5.74, 6) is -2.78. The summed E-state index contributed by atoms with van der Waals surface area (Å²) < 4.78 is 16.3. The lowest BCUT2D eigenvalue weighted by molar-refractivity contribution is -0.161. The maximum atomic E-state index is 13.7. The molecule has 1 atom stereocenters. The van der Waals surface area contributed by atoms with Crippen molar-refractivity contribution < 1.29 is 38.2 Å². The number of rotatable bonds is 7. The molecule has 0 saturated carbocycles. The van der Waals surface area contributed by atoms with Gasteiger partial charge in [0.05, 0.1) is 23.8 Å². The SMILES string of the molecule is COc1ccc(CN2Cc3sc(NC(=O)C(=O)OC(C)(C)C)c(C(=O)OC(C)(C)C)c3CC2CN2C(=O)c3ccccc3C2=O)cc1. The normalized spacial score (nSPS) is 16.4. The van der Waals surface area contributed by atoms with Crippen molar-refractivity contribution in [3.8, 4) is 5.75 Å². The zero-order valence-electron chi connectivity index (χ0n) is 27.6. The molecule has 3 amide bonds. The fourth-order valence-electron chi connectivity index (χ4n) is 5.59. The van der Waals surface area contributed by atoms with Crippen LogP contribution in [0.2, 0.25) is 0 Å². The summed E-state index contributed by atoms with van der Waals surface area (Å²) in [6, 6.07) is 14.0. The Bertz CT molecular complexity index is 1700. The van der Waals surface area contributed by atoms with Crippen molar-refractivity contribution in [3.05, 3.63) is 81.2 Å². The Morgan fingerprint density at radius 1 is 0.894 bits per heavy atom. The third kappa shape index (κ3) is 7.55. The van der Waals surface area contributed by atoms with E-state index < -0.39 is 35.1 Å². The molecule has 1 N–H and O–H groups in total. The number of benzene rings is 2. The van der Waals surface area contributed by atoms with E-state index in [1.807, 2.05) is 24.3 Å². The summed E-state index contributed by atoms with van der Waals surface area (Å²) in [6.45, 7) is 11.1. The minimum atomic E-state index is -1.08. The van der Waals surface area contributed by atoms with Crippen LogP contribution in [0.3, 0.4) is 0 Å². The molecular formula is C35H39N3O8S. The third-order valence-electron chi connectivity index (χ3n) is 7.62. The second kappa shape index (κ2) is 12.9. The van der Waals surface area contributed by atoms with Gasteiger partial charge in [0, 0.05) is 30.6 Å². The Labute approximate surface area is 277 Å². The lowest BCUT2D eigenvalue weighted by atomic mass is 9.95. The van der Waals surface area contributed by atoms with Gasteiger partial charge in [-0.3, -0.25) is 24.2 Å². The van der Waals surface area contributed by atoms with Crippen molar-refractivity contribution in [1.82, 2.24) is 9.80 Å². The van der Waals surface area contributed by atoms with E-state index >= 15 is 0 Å². The molecule has 2 aliphatic rings. The molecule has 1 aromatic heterocycles. The fraction of sp³-hybridized carbons (Fsp3) is 0.400. The van der Waals surface area contributed by atoms with Gasteiger partial charge in [0.25, 0.3) is 11.8 Å². The Balaban J connectivity index is 1.52. The lowest BCUT2D eigenvalue weighted by Gasteiger charge is -2.37. The Morgan fingerprint density at radius 2 is 1.49 bits per heavy atom. The van der Waals surface area contributed by atoms with Crippen LogP contribution < -0.4 is 10.1 Å². The molecule has 1 unspecified atom stereocenters. The first kappa shape index (κ1) is 33.8. The van der Waals surface area contributed by atoms with Crippen LogP contribution in [-0.2, 0) is 38.6 Å². The number of fused-ring (bicyclic) bond motifs is 2. The molecule has 0 aliphatic carbocycles. The first-order valence-corrected chi connectivity index (χ1v) is 16.1. The minimum Gasteiger partial charge on any atom is -0.497 e. The molecule has 0 saturated heterocycles. The van der Waals surface area contributed by atoms with Crippen molar-refractivity contribution in [2.45, 2.75) is 78.3 Å². The number of hydrogen-bond acceptors (Lipinski definition) is 10. The van der Waals surface area contributed by atoms with E-state index in [1.54, 1.807) is 72.9 Å². The zero-order valence-corrected chi connectivity index (χ0v) is 28.4. The number of nitrogens with one attached hydrogen (secondary N) is 1. The second-order valence-corrected chi connectivity index (χ2v) is 14.6. The smallest absolute Gasteiger partial charge is 0.397 e. The van der Waals surface area contributed by atoms with Crippen LogP contribution in [-0.4, -0.2) is 70.4 Å². The zero-order chi connectivity index (χ0) is 34.3. The van der Waals surface area contributed by atoms with E-state index in [0.717, 1.165) is 10.4 Å². The van der Waals surface area contributed by atoms with Crippen molar-refractivity contribution in [2.75, 3.05) is 19.0 Å². The van der Waals surface area contributed by atoms with E-state index in [2.05, 4.69) is 10.2 Å². The molecule has 2 aromatic carbocycles. The first-order valence-electron chi connectivity index (χ1n) is 15.3. The lowest BCUT2D eigenvalue weighted by Crippen LogP contribution is -2.48. The number of nitrogens with zero attached hydrogens (tertiary/aromatic N) is 2. The number of carbonyl (C=O) groups is 5. The van der Waals surface area contributed by atoms with E-state index in [4.69, 9.17) is 14.2 Å². The molecule has 12 heteroatoms. The fourth-order valence-corrected chi connectivity index (χ4v) is 6.83. The van der Waals surface area contributed by atoms with Crippen molar-refractivity contribution >= 4 is 46.0 Å². The Hall–Kier alpha value is -4.55.